The lowest BCUT2D eigenvalue weighted by molar-refractivity contribution is -0.000273. The van der Waals surface area contributed by atoms with E-state index >= 15 is 0 Å². The minimum absolute atomic E-state index is 0.141. The first-order valence-corrected chi connectivity index (χ1v) is 5.84. The minimum atomic E-state index is -0.144. The first kappa shape index (κ1) is 11.9. The molecule has 1 aliphatic rings. The van der Waals surface area contributed by atoms with E-state index in [2.05, 4.69) is 10.2 Å². The number of aromatic amines is 1. The Hall–Kier alpha value is -1.56. The Kier molecular flexibility index (Phi) is 3.63. The minimum Gasteiger partial charge on any atom is -0.396 e. The second kappa shape index (κ2) is 5.18. The predicted octanol–water partition coefficient (Wildman–Crippen LogP) is 0.633. The Balaban J connectivity index is 1.93. The van der Waals surface area contributed by atoms with Crippen molar-refractivity contribution in [2.75, 3.05) is 25.9 Å². The molecule has 1 unspecified atom stereocenters. The molecular weight excluding hydrogens is 220 g/mol. The van der Waals surface area contributed by atoms with Gasteiger partial charge in [0.2, 0.25) is 0 Å². The molecule has 1 aliphatic heterocycles. The van der Waals surface area contributed by atoms with Crippen LogP contribution in [-0.4, -0.2) is 47.3 Å². The molecule has 0 radical (unpaired) electrons. The van der Waals surface area contributed by atoms with E-state index in [0.29, 0.717) is 17.9 Å². The van der Waals surface area contributed by atoms with Crippen LogP contribution in [0.3, 0.4) is 0 Å². The van der Waals surface area contributed by atoms with Crippen LogP contribution in [0.5, 0.6) is 0 Å². The summed E-state index contributed by atoms with van der Waals surface area (Å²) in [6.45, 7) is 1.39. The number of carbonyl (C=O) groups excluding carboxylic acids is 1. The van der Waals surface area contributed by atoms with Crippen LogP contribution < -0.4 is 5.73 Å². The molecule has 2 heterocycles. The maximum Gasteiger partial charge on any atom is 0.273 e. The molecule has 0 aromatic carbocycles. The van der Waals surface area contributed by atoms with Gasteiger partial charge in [-0.2, -0.15) is 5.10 Å². The summed E-state index contributed by atoms with van der Waals surface area (Å²) < 4.78 is 5.60. The molecule has 17 heavy (non-hydrogen) atoms. The smallest absolute Gasteiger partial charge is 0.273 e. The summed E-state index contributed by atoms with van der Waals surface area (Å²) in [4.78, 5) is 13.6. The average Bonchev–Trinajstić information content (AvgIpc) is 2.76. The summed E-state index contributed by atoms with van der Waals surface area (Å²) in [5, 5.41) is 6.36. The number of nitrogens with zero attached hydrogens (tertiary/aromatic N) is 2. The number of hydrogen-bond donors (Lipinski definition) is 2. The SMILES string of the molecule is CN(CC1CCCCO1)C(=O)c1[nH]ncc1N. The van der Waals surface area contributed by atoms with Gasteiger partial charge in [-0.15, -0.1) is 0 Å². The Labute approximate surface area is 100 Å². The number of nitrogens with one attached hydrogen (secondary N) is 1. The summed E-state index contributed by atoms with van der Waals surface area (Å²) in [5.41, 5.74) is 6.37. The number of hydrogen-bond acceptors (Lipinski definition) is 4. The lowest BCUT2D eigenvalue weighted by atomic mass is 10.1. The van der Waals surface area contributed by atoms with Gasteiger partial charge < -0.3 is 15.4 Å². The summed E-state index contributed by atoms with van der Waals surface area (Å²) in [6, 6.07) is 0. The highest BCUT2D eigenvalue weighted by molar-refractivity contribution is 5.96. The van der Waals surface area contributed by atoms with Crippen molar-refractivity contribution < 1.29 is 9.53 Å². The van der Waals surface area contributed by atoms with Crippen LogP contribution in [0.2, 0.25) is 0 Å². The highest BCUT2D eigenvalue weighted by Gasteiger charge is 2.21. The van der Waals surface area contributed by atoms with Gasteiger partial charge in [0.1, 0.15) is 5.69 Å². The lowest BCUT2D eigenvalue weighted by Crippen LogP contribution is -2.37. The summed E-state index contributed by atoms with van der Waals surface area (Å²) >= 11 is 0. The zero-order chi connectivity index (χ0) is 12.3. The summed E-state index contributed by atoms with van der Waals surface area (Å²) in [7, 11) is 1.75. The number of ether oxygens (including phenoxy) is 1. The average molecular weight is 238 g/mol. The van der Waals surface area contributed by atoms with Gasteiger partial charge in [-0.1, -0.05) is 0 Å². The Morgan fingerprint density at radius 3 is 3.12 bits per heavy atom. The van der Waals surface area contributed by atoms with Gasteiger partial charge in [-0.25, -0.2) is 0 Å². The second-order valence-electron chi connectivity index (χ2n) is 4.37. The number of amides is 1. The Morgan fingerprint density at radius 2 is 2.53 bits per heavy atom. The quantitative estimate of drug-likeness (QED) is 0.809. The number of nitrogen functional groups attached to an aromatic ring is 1. The van der Waals surface area contributed by atoms with Gasteiger partial charge in [0.15, 0.2) is 0 Å². The fraction of sp³-hybridized carbons (Fsp3) is 0.636. The van der Waals surface area contributed by atoms with Gasteiger partial charge in [-0.05, 0) is 19.3 Å². The first-order valence-electron chi connectivity index (χ1n) is 5.84. The number of H-pyrrole nitrogens is 1. The number of carbonyl (C=O) groups is 1. The van der Waals surface area contributed by atoms with E-state index in [1.165, 1.54) is 12.6 Å². The third kappa shape index (κ3) is 2.76. The van der Waals surface area contributed by atoms with E-state index in [9.17, 15) is 4.79 Å². The highest BCUT2D eigenvalue weighted by Crippen LogP contribution is 2.15. The van der Waals surface area contributed by atoms with Gasteiger partial charge in [0.25, 0.3) is 5.91 Å². The number of nitrogens with two attached hydrogens (primary N) is 1. The van der Waals surface area contributed by atoms with E-state index in [1.54, 1.807) is 11.9 Å². The summed E-state index contributed by atoms with van der Waals surface area (Å²) in [5.74, 6) is -0.144. The molecule has 1 amide bonds. The molecule has 0 saturated carbocycles. The predicted molar refractivity (Wildman–Crippen MR) is 63.6 cm³/mol. The van der Waals surface area contributed by atoms with Crippen molar-refractivity contribution in [1.82, 2.24) is 15.1 Å². The van der Waals surface area contributed by atoms with Crippen LogP contribution in [0.1, 0.15) is 29.8 Å². The second-order valence-corrected chi connectivity index (χ2v) is 4.37. The topological polar surface area (TPSA) is 84.2 Å². The zero-order valence-electron chi connectivity index (χ0n) is 9.98. The van der Waals surface area contributed by atoms with Crippen LogP contribution in [0.15, 0.2) is 6.20 Å². The maximum absolute atomic E-state index is 12.0. The van der Waals surface area contributed by atoms with Gasteiger partial charge in [0.05, 0.1) is 18.0 Å². The maximum atomic E-state index is 12.0. The lowest BCUT2D eigenvalue weighted by Gasteiger charge is -2.27. The van der Waals surface area contributed by atoms with Crippen LogP contribution in [0.4, 0.5) is 5.69 Å². The van der Waals surface area contributed by atoms with Crippen LogP contribution in [-0.2, 0) is 4.74 Å². The van der Waals surface area contributed by atoms with E-state index in [0.717, 1.165) is 19.4 Å². The van der Waals surface area contributed by atoms with E-state index in [-0.39, 0.29) is 12.0 Å². The molecule has 94 valence electrons. The van der Waals surface area contributed by atoms with E-state index < -0.39 is 0 Å². The van der Waals surface area contributed by atoms with Gasteiger partial charge >= 0.3 is 0 Å². The normalized spacial score (nSPS) is 20.2. The van der Waals surface area contributed by atoms with Gasteiger partial charge in [0, 0.05) is 20.2 Å². The molecule has 1 aromatic rings. The Bertz CT molecular complexity index is 385. The van der Waals surface area contributed by atoms with Crippen molar-refractivity contribution >= 4 is 11.6 Å². The van der Waals surface area contributed by atoms with Crippen molar-refractivity contribution in [3.63, 3.8) is 0 Å². The molecule has 1 atom stereocenters. The molecule has 2 rings (SSSR count). The van der Waals surface area contributed by atoms with Crippen molar-refractivity contribution in [2.24, 2.45) is 0 Å². The molecular formula is C11H18N4O2. The monoisotopic (exact) mass is 238 g/mol. The number of likely N-dealkylation sites (N-methyl/N-ethyl adjacent to an activating group) is 1. The molecule has 1 aromatic heterocycles. The molecule has 1 saturated heterocycles. The third-order valence-electron chi connectivity index (χ3n) is 2.98. The molecule has 6 heteroatoms. The largest absolute Gasteiger partial charge is 0.396 e. The molecule has 0 aliphatic carbocycles. The Morgan fingerprint density at radius 1 is 1.71 bits per heavy atom. The zero-order valence-corrected chi connectivity index (χ0v) is 9.98. The fourth-order valence-electron chi connectivity index (χ4n) is 2.00. The van der Waals surface area contributed by atoms with Crippen LogP contribution in [0, 0.1) is 0 Å². The first-order chi connectivity index (χ1) is 8.18. The number of anilines is 1. The molecule has 0 spiro atoms. The van der Waals surface area contributed by atoms with E-state index in [1.807, 2.05) is 0 Å². The molecule has 1 fully saturated rings. The molecule has 3 N–H and O–H groups in total. The fourth-order valence-corrected chi connectivity index (χ4v) is 2.00. The van der Waals surface area contributed by atoms with E-state index in [4.69, 9.17) is 10.5 Å². The summed E-state index contributed by atoms with van der Waals surface area (Å²) in [6.07, 6.45) is 4.87. The number of rotatable bonds is 3. The third-order valence-corrected chi connectivity index (χ3v) is 2.98. The van der Waals surface area contributed by atoms with Crippen molar-refractivity contribution in [3.8, 4) is 0 Å². The highest BCUT2D eigenvalue weighted by atomic mass is 16.5. The van der Waals surface area contributed by atoms with Crippen molar-refractivity contribution in [1.29, 1.82) is 0 Å². The molecule has 0 bridgehead atoms. The molecule has 6 nitrogen and oxygen atoms in total. The van der Waals surface area contributed by atoms with Crippen molar-refractivity contribution in [2.45, 2.75) is 25.4 Å². The van der Waals surface area contributed by atoms with Crippen molar-refractivity contribution in [3.05, 3.63) is 11.9 Å². The van der Waals surface area contributed by atoms with Gasteiger partial charge in [-0.3, -0.25) is 9.89 Å². The van der Waals surface area contributed by atoms with Crippen LogP contribution >= 0.6 is 0 Å². The standard InChI is InChI=1S/C11H18N4O2/c1-15(7-8-4-2-3-5-17-8)11(16)10-9(12)6-13-14-10/h6,8H,2-5,7,12H2,1H3,(H,13,14). The van der Waals surface area contributed by atoms with Crippen LogP contribution in [0.25, 0.3) is 0 Å². The number of aromatic nitrogens is 2.